The van der Waals surface area contributed by atoms with Crippen LogP contribution >= 0.6 is 0 Å². The van der Waals surface area contributed by atoms with Gasteiger partial charge in [-0.3, -0.25) is 0 Å². The maximum absolute atomic E-state index is 5.16. The lowest BCUT2D eigenvalue weighted by Gasteiger charge is -2.33. The predicted molar refractivity (Wildman–Crippen MR) is 122 cm³/mol. The molecular formula is C23H36N6O. The van der Waals surface area contributed by atoms with Gasteiger partial charge in [0.1, 0.15) is 12.4 Å². The highest BCUT2D eigenvalue weighted by molar-refractivity contribution is 5.80. The Labute approximate surface area is 180 Å². The highest BCUT2D eigenvalue weighted by Gasteiger charge is 2.19. The molecule has 2 heterocycles. The topological polar surface area (TPSA) is 66.7 Å². The van der Waals surface area contributed by atoms with Crippen LogP contribution < -0.4 is 10.6 Å². The SMILES string of the molecule is CCNC(=NCc1nccn1Cc1ccccc1)NC1CCN(CCCOC)CC1. The molecule has 7 nitrogen and oxygen atoms in total. The molecule has 0 unspecified atom stereocenters. The van der Waals surface area contributed by atoms with E-state index in [1.54, 1.807) is 7.11 Å². The Morgan fingerprint density at radius 3 is 2.77 bits per heavy atom. The van der Waals surface area contributed by atoms with Gasteiger partial charge in [0.2, 0.25) is 0 Å². The van der Waals surface area contributed by atoms with Gasteiger partial charge in [-0.25, -0.2) is 9.98 Å². The van der Waals surface area contributed by atoms with E-state index >= 15 is 0 Å². The van der Waals surface area contributed by atoms with Crippen molar-refractivity contribution in [3.63, 3.8) is 0 Å². The zero-order valence-corrected chi connectivity index (χ0v) is 18.4. The monoisotopic (exact) mass is 412 g/mol. The van der Waals surface area contributed by atoms with Gasteiger partial charge < -0.3 is 24.8 Å². The number of likely N-dealkylation sites (tertiary alicyclic amines) is 1. The van der Waals surface area contributed by atoms with Crippen LogP contribution in [-0.4, -0.2) is 66.3 Å². The van der Waals surface area contributed by atoms with Gasteiger partial charge in [-0.1, -0.05) is 30.3 Å². The smallest absolute Gasteiger partial charge is 0.191 e. The van der Waals surface area contributed by atoms with E-state index in [2.05, 4.69) is 56.3 Å². The van der Waals surface area contributed by atoms with E-state index in [-0.39, 0.29) is 0 Å². The molecule has 164 valence electrons. The number of rotatable bonds is 10. The van der Waals surface area contributed by atoms with Crippen LogP contribution in [0.5, 0.6) is 0 Å². The first-order valence-electron chi connectivity index (χ1n) is 11.1. The summed E-state index contributed by atoms with van der Waals surface area (Å²) >= 11 is 0. The Morgan fingerprint density at radius 2 is 2.03 bits per heavy atom. The molecule has 7 heteroatoms. The van der Waals surface area contributed by atoms with Crippen LogP contribution in [0.3, 0.4) is 0 Å². The third kappa shape index (κ3) is 7.15. The fraction of sp³-hybridized carbons (Fsp3) is 0.565. The van der Waals surface area contributed by atoms with Crippen molar-refractivity contribution in [1.82, 2.24) is 25.1 Å². The second-order valence-corrected chi connectivity index (χ2v) is 7.76. The maximum atomic E-state index is 5.16. The summed E-state index contributed by atoms with van der Waals surface area (Å²) in [5, 5.41) is 7.01. The second-order valence-electron chi connectivity index (χ2n) is 7.76. The molecule has 2 N–H and O–H groups in total. The van der Waals surface area contributed by atoms with E-state index in [1.807, 2.05) is 18.5 Å². The van der Waals surface area contributed by atoms with E-state index in [1.165, 1.54) is 5.56 Å². The average Bonchev–Trinajstić information content (AvgIpc) is 3.21. The number of guanidine groups is 1. The van der Waals surface area contributed by atoms with E-state index in [9.17, 15) is 0 Å². The zero-order valence-electron chi connectivity index (χ0n) is 18.4. The molecule has 0 saturated carbocycles. The number of piperidine rings is 1. The van der Waals surface area contributed by atoms with Gasteiger partial charge in [0.05, 0.1) is 0 Å². The van der Waals surface area contributed by atoms with Crippen molar-refractivity contribution in [1.29, 1.82) is 0 Å². The predicted octanol–water partition coefficient (Wildman–Crippen LogP) is 2.49. The quantitative estimate of drug-likeness (QED) is 0.357. The highest BCUT2D eigenvalue weighted by atomic mass is 16.5. The van der Waals surface area contributed by atoms with E-state index in [0.29, 0.717) is 12.6 Å². The highest BCUT2D eigenvalue weighted by Crippen LogP contribution is 2.11. The number of aliphatic imine (C=N–C) groups is 1. The number of hydrogen-bond donors (Lipinski definition) is 2. The minimum absolute atomic E-state index is 0.463. The second kappa shape index (κ2) is 12.3. The lowest BCUT2D eigenvalue weighted by molar-refractivity contribution is 0.155. The maximum Gasteiger partial charge on any atom is 0.191 e. The Kier molecular flexibility index (Phi) is 9.18. The van der Waals surface area contributed by atoms with Crippen molar-refractivity contribution < 1.29 is 4.74 Å². The number of nitrogens with one attached hydrogen (secondary N) is 2. The van der Waals surface area contributed by atoms with E-state index in [4.69, 9.17) is 9.73 Å². The van der Waals surface area contributed by atoms with Crippen LogP contribution in [0.15, 0.2) is 47.7 Å². The summed E-state index contributed by atoms with van der Waals surface area (Å²) in [4.78, 5) is 11.9. The number of ether oxygens (including phenoxy) is 1. The van der Waals surface area contributed by atoms with Crippen LogP contribution in [0, 0.1) is 0 Å². The molecule has 1 fully saturated rings. The van der Waals surface area contributed by atoms with Gasteiger partial charge in [-0.05, 0) is 31.7 Å². The minimum Gasteiger partial charge on any atom is -0.385 e. The van der Waals surface area contributed by atoms with Gasteiger partial charge in [0, 0.05) is 64.9 Å². The Morgan fingerprint density at radius 1 is 1.23 bits per heavy atom. The number of benzene rings is 1. The molecule has 1 aromatic heterocycles. The standard InChI is InChI=1S/C23H36N6O/c1-3-24-23(27-21-10-14-28(15-11-21)13-7-17-30-2)26-18-22-25-12-16-29(22)19-20-8-5-4-6-9-20/h4-6,8-9,12,16,21H,3,7,10-11,13-15,17-19H2,1-2H3,(H2,24,26,27). The fourth-order valence-electron chi connectivity index (χ4n) is 3.81. The molecular weight excluding hydrogens is 376 g/mol. The minimum atomic E-state index is 0.463. The third-order valence-electron chi connectivity index (χ3n) is 5.47. The summed E-state index contributed by atoms with van der Waals surface area (Å²) in [5.74, 6) is 1.86. The van der Waals surface area contributed by atoms with Crippen molar-refractivity contribution in [2.75, 3.05) is 39.9 Å². The van der Waals surface area contributed by atoms with Crippen LogP contribution in [-0.2, 0) is 17.8 Å². The van der Waals surface area contributed by atoms with Gasteiger partial charge >= 0.3 is 0 Å². The Hall–Kier alpha value is -2.38. The normalized spacial score (nSPS) is 16.0. The molecule has 1 aliphatic rings. The van der Waals surface area contributed by atoms with Gasteiger partial charge in [-0.15, -0.1) is 0 Å². The summed E-state index contributed by atoms with van der Waals surface area (Å²) < 4.78 is 7.33. The molecule has 1 aromatic carbocycles. The van der Waals surface area contributed by atoms with Crippen molar-refractivity contribution in [2.45, 2.75) is 45.3 Å². The molecule has 0 amide bonds. The van der Waals surface area contributed by atoms with E-state index < -0.39 is 0 Å². The molecule has 0 atom stereocenters. The summed E-state index contributed by atoms with van der Waals surface area (Å²) in [5.41, 5.74) is 1.27. The molecule has 0 bridgehead atoms. The van der Waals surface area contributed by atoms with Crippen LogP contribution in [0.1, 0.15) is 37.6 Å². The van der Waals surface area contributed by atoms with Crippen molar-refractivity contribution in [3.05, 3.63) is 54.1 Å². The first kappa shape index (κ1) is 22.3. The summed E-state index contributed by atoms with van der Waals surface area (Å²) in [6.07, 6.45) is 7.26. The van der Waals surface area contributed by atoms with Gasteiger partial charge in [-0.2, -0.15) is 0 Å². The van der Waals surface area contributed by atoms with Crippen LogP contribution in [0.25, 0.3) is 0 Å². The first-order chi connectivity index (χ1) is 14.8. The third-order valence-corrected chi connectivity index (χ3v) is 5.47. The fourth-order valence-corrected chi connectivity index (χ4v) is 3.81. The molecule has 0 spiro atoms. The van der Waals surface area contributed by atoms with Crippen LogP contribution in [0.4, 0.5) is 0 Å². The summed E-state index contributed by atoms with van der Waals surface area (Å²) in [6.45, 7) is 8.55. The van der Waals surface area contributed by atoms with Crippen molar-refractivity contribution in [2.24, 2.45) is 4.99 Å². The Balaban J connectivity index is 1.51. The lowest BCUT2D eigenvalue weighted by atomic mass is 10.1. The molecule has 3 rings (SSSR count). The van der Waals surface area contributed by atoms with Crippen molar-refractivity contribution in [3.8, 4) is 0 Å². The average molecular weight is 413 g/mol. The molecule has 2 aromatic rings. The number of methoxy groups -OCH3 is 1. The molecule has 30 heavy (non-hydrogen) atoms. The molecule has 1 saturated heterocycles. The first-order valence-corrected chi connectivity index (χ1v) is 11.1. The van der Waals surface area contributed by atoms with Crippen LogP contribution in [0.2, 0.25) is 0 Å². The number of aromatic nitrogens is 2. The van der Waals surface area contributed by atoms with E-state index in [0.717, 1.165) is 70.4 Å². The van der Waals surface area contributed by atoms with Gasteiger partial charge in [0.15, 0.2) is 5.96 Å². The zero-order chi connectivity index (χ0) is 21.0. The molecule has 0 radical (unpaired) electrons. The summed E-state index contributed by atoms with van der Waals surface area (Å²) in [6, 6.07) is 10.9. The number of imidazole rings is 1. The molecule has 0 aliphatic carbocycles. The Bertz CT molecular complexity index is 752. The summed E-state index contributed by atoms with van der Waals surface area (Å²) in [7, 11) is 1.77. The number of nitrogens with zero attached hydrogens (tertiary/aromatic N) is 4. The lowest BCUT2D eigenvalue weighted by Crippen LogP contribution is -2.48. The number of hydrogen-bond acceptors (Lipinski definition) is 4. The van der Waals surface area contributed by atoms with Crippen molar-refractivity contribution >= 4 is 5.96 Å². The molecule has 1 aliphatic heterocycles. The largest absolute Gasteiger partial charge is 0.385 e. The van der Waals surface area contributed by atoms with Gasteiger partial charge in [0.25, 0.3) is 0 Å².